The highest BCUT2D eigenvalue weighted by molar-refractivity contribution is 7.91. The summed E-state index contributed by atoms with van der Waals surface area (Å²) >= 11 is 0. The van der Waals surface area contributed by atoms with Crippen molar-refractivity contribution in [3.05, 3.63) is 0 Å². The maximum absolute atomic E-state index is 13.3. The Balaban J connectivity index is 1.44. The molecule has 4 fully saturated rings. The van der Waals surface area contributed by atoms with Crippen molar-refractivity contribution < 1.29 is 27.4 Å². The Bertz CT molecular complexity index is 645. The van der Waals surface area contributed by atoms with Gasteiger partial charge in [-0.05, 0) is 38.6 Å². The summed E-state index contributed by atoms with van der Waals surface area (Å²) in [5, 5.41) is 0. The summed E-state index contributed by atoms with van der Waals surface area (Å²) in [7, 11) is -3.05. The van der Waals surface area contributed by atoms with Crippen LogP contribution in [0.5, 0.6) is 0 Å². The van der Waals surface area contributed by atoms with E-state index in [1.807, 2.05) is 0 Å². The Morgan fingerprint density at radius 1 is 1.00 bits per heavy atom. The standard InChI is InChI=1S/C19H32N2O6S/c22-18(13-20-7-2-1-5-17(20)19-26-9-10-27-19)21(12-16-4-3-8-25-16)15-6-11-28(23,24)14-15/h15-17,19H,1-14H2. The molecule has 4 aliphatic rings. The molecule has 3 unspecified atom stereocenters. The molecule has 1 amide bonds. The van der Waals surface area contributed by atoms with Crippen LogP contribution >= 0.6 is 0 Å². The largest absolute Gasteiger partial charge is 0.376 e. The van der Waals surface area contributed by atoms with Crippen LogP contribution in [0.15, 0.2) is 0 Å². The minimum absolute atomic E-state index is 0.00231. The summed E-state index contributed by atoms with van der Waals surface area (Å²) < 4.78 is 41.2. The predicted octanol–water partition coefficient (Wildman–Crippen LogP) is 0.409. The first kappa shape index (κ1) is 20.5. The molecule has 4 aliphatic heterocycles. The van der Waals surface area contributed by atoms with Crippen molar-refractivity contribution in [2.45, 2.75) is 63.0 Å². The van der Waals surface area contributed by atoms with Crippen LogP contribution in [0.4, 0.5) is 0 Å². The van der Waals surface area contributed by atoms with E-state index >= 15 is 0 Å². The molecule has 0 radical (unpaired) electrons. The molecule has 0 aromatic rings. The summed E-state index contributed by atoms with van der Waals surface area (Å²) in [6.45, 7) is 3.56. The smallest absolute Gasteiger partial charge is 0.237 e. The Morgan fingerprint density at radius 2 is 1.82 bits per heavy atom. The lowest BCUT2D eigenvalue weighted by molar-refractivity contribution is -0.143. The second-order valence-electron chi connectivity index (χ2n) is 8.38. The fourth-order valence-electron chi connectivity index (χ4n) is 4.87. The first-order chi connectivity index (χ1) is 13.5. The van der Waals surface area contributed by atoms with Crippen molar-refractivity contribution in [1.29, 1.82) is 0 Å². The lowest BCUT2D eigenvalue weighted by Crippen LogP contribution is -2.54. The zero-order valence-corrected chi connectivity index (χ0v) is 17.3. The number of hydrogen-bond donors (Lipinski definition) is 0. The van der Waals surface area contributed by atoms with Gasteiger partial charge in [-0.3, -0.25) is 9.69 Å². The lowest BCUT2D eigenvalue weighted by atomic mass is 10.0. The molecule has 0 bridgehead atoms. The topological polar surface area (TPSA) is 85.4 Å². The van der Waals surface area contributed by atoms with E-state index in [0.29, 0.717) is 26.2 Å². The van der Waals surface area contributed by atoms with Gasteiger partial charge >= 0.3 is 0 Å². The number of sulfone groups is 1. The van der Waals surface area contributed by atoms with Gasteiger partial charge in [0, 0.05) is 19.2 Å². The fraction of sp³-hybridized carbons (Fsp3) is 0.947. The average molecular weight is 417 g/mol. The first-order valence-corrected chi connectivity index (χ1v) is 12.4. The summed E-state index contributed by atoms with van der Waals surface area (Å²) in [5.41, 5.74) is 0. The molecule has 9 heteroatoms. The van der Waals surface area contributed by atoms with E-state index in [0.717, 1.165) is 45.3 Å². The highest BCUT2D eigenvalue weighted by atomic mass is 32.2. The summed E-state index contributed by atoms with van der Waals surface area (Å²) in [5.74, 6) is 0.245. The SMILES string of the molecule is O=C(CN1CCCCC1C1OCCO1)N(CC1CCCO1)C1CCS(=O)(=O)C1. The highest BCUT2D eigenvalue weighted by Gasteiger charge is 2.39. The molecule has 28 heavy (non-hydrogen) atoms. The molecular formula is C19H32N2O6S. The van der Waals surface area contributed by atoms with Crippen LogP contribution in [0.2, 0.25) is 0 Å². The van der Waals surface area contributed by atoms with Gasteiger partial charge in [-0.25, -0.2) is 8.42 Å². The Hall–Kier alpha value is -0.740. The van der Waals surface area contributed by atoms with Gasteiger partial charge in [-0.2, -0.15) is 0 Å². The quantitative estimate of drug-likeness (QED) is 0.620. The molecule has 8 nitrogen and oxygen atoms in total. The number of nitrogens with zero attached hydrogens (tertiary/aromatic N) is 2. The number of carbonyl (C=O) groups is 1. The zero-order chi connectivity index (χ0) is 19.6. The van der Waals surface area contributed by atoms with Crippen LogP contribution in [0.1, 0.15) is 38.5 Å². The lowest BCUT2D eigenvalue weighted by Gasteiger charge is -2.39. The molecule has 160 valence electrons. The maximum Gasteiger partial charge on any atom is 0.237 e. The second kappa shape index (κ2) is 8.95. The van der Waals surface area contributed by atoms with Gasteiger partial charge < -0.3 is 19.1 Å². The zero-order valence-electron chi connectivity index (χ0n) is 16.5. The van der Waals surface area contributed by atoms with Gasteiger partial charge in [0.2, 0.25) is 5.91 Å². The summed E-state index contributed by atoms with van der Waals surface area (Å²) in [6.07, 6.45) is 5.34. The van der Waals surface area contributed by atoms with Crippen molar-refractivity contribution in [2.24, 2.45) is 0 Å². The Morgan fingerprint density at radius 3 is 2.50 bits per heavy atom. The van der Waals surface area contributed by atoms with Crippen LogP contribution in [-0.2, 0) is 28.8 Å². The van der Waals surface area contributed by atoms with Crippen molar-refractivity contribution >= 4 is 15.7 Å². The molecule has 0 N–H and O–H groups in total. The number of likely N-dealkylation sites (tertiary alicyclic amines) is 1. The van der Waals surface area contributed by atoms with Gasteiger partial charge in [0.25, 0.3) is 0 Å². The molecule has 0 aliphatic carbocycles. The molecule has 4 heterocycles. The number of amides is 1. The third-order valence-electron chi connectivity index (χ3n) is 6.36. The maximum atomic E-state index is 13.3. The highest BCUT2D eigenvalue weighted by Crippen LogP contribution is 2.26. The monoisotopic (exact) mass is 416 g/mol. The van der Waals surface area contributed by atoms with Crippen molar-refractivity contribution in [2.75, 3.05) is 51.0 Å². The van der Waals surface area contributed by atoms with E-state index in [-0.39, 0.29) is 48.4 Å². The minimum Gasteiger partial charge on any atom is -0.376 e. The van der Waals surface area contributed by atoms with Crippen LogP contribution in [-0.4, -0.2) is 99.6 Å². The van der Waals surface area contributed by atoms with E-state index in [2.05, 4.69) is 4.90 Å². The fourth-order valence-corrected chi connectivity index (χ4v) is 6.60. The molecule has 3 atom stereocenters. The number of carbonyl (C=O) groups excluding carboxylic acids is 1. The first-order valence-electron chi connectivity index (χ1n) is 10.6. The van der Waals surface area contributed by atoms with Gasteiger partial charge in [-0.1, -0.05) is 6.42 Å². The average Bonchev–Trinajstić information content (AvgIpc) is 3.42. The van der Waals surface area contributed by atoms with E-state index < -0.39 is 9.84 Å². The Labute approximate surface area is 167 Å². The normalized spacial score (nSPS) is 34.1. The summed E-state index contributed by atoms with van der Waals surface area (Å²) in [4.78, 5) is 17.3. The molecule has 0 spiro atoms. The van der Waals surface area contributed by atoms with Crippen molar-refractivity contribution in [3.63, 3.8) is 0 Å². The number of ether oxygens (including phenoxy) is 3. The molecule has 0 aromatic carbocycles. The number of piperidine rings is 1. The third kappa shape index (κ3) is 4.87. The van der Waals surface area contributed by atoms with Gasteiger partial charge in [0.1, 0.15) is 0 Å². The van der Waals surface area contributed by atoms with E-state index in [4.69, 9.17) is 14.2 Å². The van der Waals surface area contributed by atoms with Crippen molar-refractivity contribution in [1.82, 2.24) is 9.80 Å². The molecule has 4 rings (SSSR count). The molecule has 4 saturated heterocycles. The van der Waals surface area contributed by atoms with E-state index in [1.165, 1.54) is 0 Å². The van der Waals surface area contributed by atoms with Gasteiger partial charge in [-0.15, -0.1) is 0 Å². The molecule has 0 aromatic heterocycles. The number of hydrogen-bond acceptors (Lipinski definition) is 7. The third-order valence-corrected chi connectivity index (χ3v) is 8.11. The van der Waals surface area contributed by atoms with Crippen molar-refractivity contribution in [3.8, 4) is 0 Å². The predicted molar refractivity (Wildman–Crippen MR) is 103 cm³/mol. The second-order valence-corrected chi connectivity index (χ2v) is 10.6. The molecule has 0 saturated carbocycles. The van der Waals surface area contributed by atoms with Crippen LogP contribution in [0.3, 0.4) is 0 Å². The minimum atomic E-state index is -3.05. The molecular weight excluding hydrogens is 384 g/mol. The Kier molecular flexibility index (Phi) is 6.56. The van der Waals surface area contributed by atoms with Gasteiger partial charge in [0.15, 0.2) is 16.1 Å². The van der Waals surface area contributed by atoms with E-state index in [1.54, 1.807) is 4.90 Å². The van der Waals surface area contributed by atoms with Crippen LogP contribution < -0.4 is 0 Å². The summed E-state index contributed by atoms with van der Waals surface area (Å²) in [6, 6.07) is -0.138. The number of rotatable bonds is 6. The van der Waals surface area contributed by atoms with Crippen LogP contribution in [0.25, 0.3) is 0 Å². The van der Waals surface area contributed by atoms with Gasteiger partial charge in [0.05, 0.1) is 43.4 Å². The van der Waals surface area contributed by atoms with Crippen LogP contribution in [0, 0.1) is 0 Å². The van der Waals surface area contributed by atoms with E-state index in [9.17, 15) is 13.2 Å².